The Bertz CT molecular complexity index is 1560. The van der Waals surface area contributed by atoms with Gasteiger partial charge in [0.1, 0.15) is 12.2 Å². The van der Waals surface area contributed by atoms with E-state index >= 15 is 0 Å². The van der Waals surface area contributed by atoms with Crippen molar-refractivity contribution in [2.75, 3.05) is 42.4 Å². The largest absolute Gasteiger partial charge is 0.453 e. The number of nitrogens with two attached hydrogens (primary N) is 1. The minimum Gasteiger partial charge on any atom is -0.453 e. The number of carbonyl (C=O) groups is 3. The third kappa shape index (κ3) is 8.65. The third-order valence-electron chi connectivity index (χ3n) is 6.78. The molecule has 1 aliphatic rings. The third-order valence-corrected chi connectivity index (χ3v) is 7.01. The number of methoxy groups -OCH3 is 1. The van der Waals surface area contributed by atoms with E-state index in [0.29, 0.717) is 46.6 Å². The first-order valence-electron chi connectivity index (χ1n) is 13.5. The van der Waals surface area contributed by atoms with Crippen LogP contribution < -0.4 is 26.8 Å². The van der Waals surface area contributed by atoms with Gasteiger partial charge in [-0.2, -0.15) is 5.10 Å². The first-order valence-corrected chi connectivity index (χ1v) is 13.9. The predicted octanol–water partition coefficient (Wildman–Crippen LogP) is 3.45. The van der Waals surface area contributed by atoms with Gasteiger partial charge in [0, 0.05) is 66.1 Å². The molecule has 1 aliphatic heterocycles. The summed E-state index contributed by atoms with van der Waals surface area (Å²) in [7, 11) is 1.29. The molecule has 2 heterocycles. The standard InChI is InChI=1S/C29H33ClN10O4/c1-32-36-17-40(31)26-7-4-21(30)11-20(26)3-8-28(42)35-15-27-34-14-25(38-27)23-6-5-22(37-29(43)44-2)12-24(23)33-13-19-9-10-39(16-19)18-41/h3-8,11-12,14,17-19,33H,1,9-10,13,15-16,31H2,2H3,(H,34,38)(H,35,42)(H,37,43)/b8-3+,36-17-/t19-/m0/s1. The molecule has 1 fully saturated rings. The molecule has 230 valence electrons. The zero-order chi connectivity index (χ0) is 31.5. The number of aromatic nitrogens is 2. The molecule has 1 aromatic heterocycles. The fourth-order valence-corrected chi connectivity index (χ4v) is 4.75. The van der Waals surface area contributed by atoms with E-state index in [-0.39, 0.29) is 18.4 Å². The summed E-state index contributed by atoms with van der Waals surface area (Å²) in [5.74, 6) is 6.46. The minimum atomic E-state index is -0.584. The first-order chi connectivity index (χ1) is 21.3. The number of likely N-dealkylation sites (tertiary alicyclic amines) is 1. The van der Waals surface area contributed by atoms with Crippen LogP contribution in [0.1, 0.15) is 17.8 Å². The van der Waals surface area contributed by atoms with Gasteiger partial charge in [-0.1, -0.05) is 11.6 Å². The topological polar surface area (TPSA) is 182 Å². The molecule has 0 spiro atoms. The van der Waals surface area contributed by atoms with E-state index in [0.717, 1.165) is 30.6 Å². The van der Waals surface area contributed by atoms with Crippen LogP contribution in [0.4, 0.5) is 21.9 Å². The fourth-order valence-electron chi connectivity index (χ4n) is 4.57. The van der Waals surface area contributed by atoms with Crippen molar-refractivity contribution in [3.63, 3.8) is 0 Å². The maximum Gasteiger partial charge on any atom is 0.411 e. The summed E-state index contributed by atoms with van der Waals surface area (Å²) in [6.07, 6.45) is 7.14. The first kappa shape index (κ1) is 31.7. The number of hydrogen-bond acceptors (Lipinski definition) is 9. The van der Waals surface area contributed by atoms with E-state index in [2.05, 4.69) is 42.8 Å². The van der Waals surface area contributed by atoms with Crippen molar-refractivity contribution in [3.8, 4) is 11.3 Å². The van der Waals surface area contributed by atoms with E-state index in [1.165, 1.54) is 24.5 Å². The summed E-state index contributed by atoms with van der Waals surface area (Å²) in [5.41, 5.74) is 3.85. The number of H-pyrrole nitrogens is 1. The summed E-state index contributed by atoms with van der Waals surface area (Å²) < 4.78 is 4.71. The quantitative estimate of drug-likeness (QED) is 0.0481. The molecular weight excluding hydrogens is 588 g/mol. The maximum absolute atomic E-state index is 12.6. The number of hydrogen-bond donors (Lipinski definition) is 5. The number of carbonyl (C=O) groups excluding carboxylic acids is 3. The average molecular weight is 621 g/mol. The number of hydrazine groups is 1. The highest BCUT2D eigenvalue weighted by molar-refractivity contribution is 6.30. The van der Waals surface area contributed by atoms with Crippen LogP contribution in [0.3, 0.4) is 0 Å². The molecule has 2 aromatic carbocycles. The van der Waals surface area contributed by atoms with Crippen molar-refractivity contribution >= 4 is 66.2 Å². The van der Waals surface area contributed by atoms with Crippen molar-refractivity contribution < 1.29 is 19.1 Å². The SMILES string of the molecule is C=N/N=C\N(N)c1ccc(Cl)cc1/C=C/C(=O)NCc1nc(-c2ccc(NC(=O)OC)cc2NC[C@@H]2CCN(C=O)C2)c[nH]1. The van der Waals surface area contributed by atoms with Gasteiger partial charge in [-0.25, -0.2) is 15.6 Å². The fraction of sp³-hybridized carbons (Fsp3) is 0.241. The van der Waals surface area contributed by atoms with E-state index in [1.54, 1.807) is 47.5 Å². The average Bonchev–Trinajstić information content (AvgIpc) is 3.70. The molecule has 4 rings (SSSR count). The van der Waals surface area contributed by atoms with Gasteiger partial charge in [0.2, 0.25) is 12.3 Å². The van der Waals surface area contributed by atoms with E-state index < -0.39 is 6.09 Å². The van der Waals surface area contributed by atoms with Crippen LogP contribution in [-0.4, -0.2) is 73.1 Å². The lowest BCUT2D eigenvalue weighted by molar-refractivity contribution is -0.117. The van der Waals surface area contributed by atoms with Crippen LogP contribution in [0.15, 0.2) is 58.9 Å². The monoisotopic (exact) mass is 620 g/mol. The number of amides is 3. The predicted molar refractivity (Wildman–Crippen MR) is 171 cm³/mol. The zero-order valence-electron chi connectivity index (χ0n) is 24.0. The van der Waals surface area contributed by atoms with Gasteiger partial charge in [0.05, 0.1) is 25.0 Å². The van der Waals surface area contributed by atoms with Gasteiger partial charge < -0.3 is 25.3 Å². The van der Waals surface area contributed by atoms with Gasteiger partial charge >= 0.3 is 6.09 Å². The van der Waals surface area contributed by atoms with Crippen molar-refractivity contribution in [1.82, 2.24) is 20.2 Å². The molecule has 1 saturated heterocycles. The van der Waals surface area contributed by atoms with Gasteiger partial charge in [0.25, 0.3) is 0 Å². The Morgan fingerprint density at radius 3 is 2.91 bits per heavy atom. The van der Waals surface area contributed by atoms with Gasteiger partial charge in [-0.05, 0) is 54.8 Å². The molecule has 1 atom stereocenters. The Morgan fingerprint density at radius 2 is 2.16 bits per heavy atom. The number of nitrogens with one attached hydrogen (secondary N) is 4. The van der Waals surface area contributed by atoms with Gasteiger partial charge in [-0.15, -0.1) is 5.10 Å². The normalized spacial score (nSPS) is 14.5. The van der Waals surface area contributed by atoms with Crippen LogP contribution >= 0.6 is 11.6 Å². The summed E-state index contributed by atoms with van der Waals surface area (Å²) >= 11 is 6.14. The molecule has 0 radical (unpaired) electrons. The lowest BCUT2D eigenvalue weighted by atomic mass is 10.1. The van der Waals surface area contributed by atoms with Crippen molar-refractivity contribution in [3.05, 3.63) is 65.1 Å². The summed E-state index contributed by atoms with van der Waals surface area (Å²) in [5, 5.41) is 17.7. The number of benzene rings is 2. The van der Waals surface area contributed by atoms with E-state index in [1.807, 2.05) is 6.07 Å². The Hall–Kier alpha value is -5.21. The van der Waals surface area contributed by atoms with Crippen LogP contribution in [0.25, 0.3) is 17.3 Å². The van der Waals surface area contributed by atoms with Crippen molar-refractivity contribution in [2.45, 2.75) is 13.0 Å². The van der Waals surface area contributed by atoms with Crippen molar-refractivity contribution in [2.24, 2.45) is 22.0 Å². The molecule has 15 heteroatoms. The number of aromatic amines is 1. The molecular formula is C29H33ClN10O4. The number of rotatable bonds is 13. The lowest BCUT2D eigenvalue weighted by Gasteiger charge is -2.16. The van der Waals surface area contributed by atoms with Crippen LogP contribution in [0.2, 0.25) is 5.02 Å². The molecule has 0 saturated carbocycles. The van der Waals surface area contributed by atoms with Gasteiger partial charge in [-0.3, -0.25) is 19.9 Å². The number of anilines is 3. The zero-order valence-corrected chi connectivity index (χ0v) is 24.8. The van der Waals surface area contributed by atoms with Crippen LogP contribution in [0.5, 0.6) is 0 Å². The minimum absolute atomic E-state index is 0.139. The van der Waals surface area contributed by atoms with Crippen LogP contribution in [-0.2, 0) is 20.9 Å². The Morgan fingerprint density at radius 1 is 1.32 bits per heavy atom. The van der Waals surface area contributed by atoms with E-state index in [4.69, 9.17) is 22.2 Å². The Kier molecular flexibility index (Phi) is 11.0. The Labute approximate surface area is 259 Å². The lowest BCUT2D eigenvalue weighted by Crippen LogP contribution is -2.29. The van der Waals surface area contributed by atoms with E-state index in [9.17, 15) is 14.4 Å². The highest BCUT2D eigenvalue weighted by atomic mass is 35.5. The number of ether oxygens (including phenoxy) is 1. The molecule has 0 aliphatic carbocycles. The molecule has 3 aromatic rings. The highest BCUT2D eigenvalue weighted by Gasteiger charge is 2.21. The molecule has 3 amide bonds. The molecule has 14 nitrogen and oxygen atoms in total. The van der Waals surface area contributed by atoms with Crippen molar-refractivity contribution in [1.29, 1.82) is 0 Å². The Balaban J connectivity index is 1.44. The summed E-state index contributed by atoms with van der Waals surface area (Å²) in [4.78, 5) is 45.0. The number of nitrogens with zero attached hydrogens (tertiary/aromatic N) is 5. The van der Waals surface area contributed by atoms with Gasteiger partial charge in [0.15, 0.2) is 0 Å². The smallest absolute Gasteiger partial charge is 0.411 e. The number of imidazole rings is 1. The molecule has 0 bridgehead atoms. The molecule has 6 N–H and O–H groups in total. The molecule has 44 heavy (non-hydrogen) atoms. The second kappa shape index (κ2) is 15.3. The second-order valence-electron chi connectivity index (χ2n) is 9.78. The summed E-state index contributed by atoms with van der Waals surface area (Å²) in [6.45, 7) is 5.45. The second-order valence-corrected chi connectivity index (χ2v) is 10.2. The molecule has 0 unspecified atom stereocenters. The summed E-state index contributed by atoms with van der Waals surface area (Å²) in [6, 6.07) is 10.4. The number of halogens is 1. The van der Waals surface area contributed by atoms with Crippen LogP contribution in [0, 0.1) is 5.92 Å². The highest BCUT2D eigenvalue weighted by Crippen LogP contribution is 2.31. The maximum atomic E-state index is 12.6.